The Hall–Kier alpha value is -2.08. The zero-order valence-corrected chi connectivity index (χ0v) is 11.8. The third kappa shape index (κ3) is 2.46. The molecule has 0 spiro atoms. The number of benzene rings is 1. The van der Waals surface area contributed by atoms with Gasteiger partial charge in [-0.2, -0.15) is 0 Å². The highest BCUT2D eigenvalue weighted by Crippen LogP contribution is 2.40. The summed E-state index contributed by atoms with van der Waals surface area (Å²) in [6.07, 6.45) is 1.13. The summed E-state index contributed by atoms with van der Waals surface area (Å²) >= 11 is 6.13. The van der Waals surface area contributed by atoms with Gasteiger partial charge < -0.3 is 9.47 Å². The van der Waals surface area contributed by atoms with Crippen molar-refractivity contribution in [2.24, 2.45) is 0 Å². The van der Waals surface area contributed by atoms with Crippen LogP contribution in [0.5, 0.6) is 11.5 Å². The van der Waals surface area contributed by atoms with Gasteiger partial charge in [0.25, 0.3) is 0 Å². The molecule has 0 unspecified atom stereocenters. The zero-order chi connectivity index (χ0) is 14.7. The van der Waals surface area contributed by atoms with E-state index in [1.807, 2.05) is 13.8 Å². The second kappa shape index (κ2) is 5.92. The van der Waals surface area contributed by atoms with Gasteiger partial charge in [-0.1, -0.05) is 11.6 Å². The second-order valence-corrected chi connectivity index (χ2v) is 4.24. The summed E-state index contributed by atoms with van der Waals surface area (Å²) < 4.78 is 10.9. The van der Waals surface area contributed by atoms with Crippen LogP contribution < -0.4 is 9.47 Å². The van der Waals surface area contributed by atoms with E-state index in [1.54, 1.807) is 12.1 Å². The Morgan fingerprint density at radius 2 is 1.85 bits per heavy atom. The van der Waals surface area contributed by atoms with Gasteiger partial charge >= 0.3 is 5.69 Å². The summed E-state index contributed by atoms with van der Waals surface area (Å²) in [7, 11) is 0. The maximum absolute atomic E-state index is 11.0. The number of rotatable bonds is 5. The molecular formula is C13H13ClN2O4. The summed E-state index contributed by atoms with van der Waals surface area (Å²) in [6.45, 7) is 4.54. The van der Waals surface area contributed by atoms with Crippen molar-refractivity contribution in [1.29, 1.82) is 0 Å². The number of pyridine rings is 1. The van der Waals surface area contributed by atoms with Crippen LogP contribution in [0.1, 0.15) is 13.8 Å². The Labute approximate surface area is 120 Å². The molecule has 106 valence electrons. The Kier molecular flexibility index (Phi) is 4.24. The molecule has 1 aromatic carbocycles. The molecular weight excluding hydrogens is 284 g/mol. The maximum Gasteiger partial charge on any atom is 0.306 e. The first-order valence-electron chi connectivity index (χ1n) is 6.11. The van der Waals surface area contributed by atoms with E-state index in [1.165, 1.54) is 0 Å². The van der Waals surface area contributed by atoms with Crippen LogP contribution in [0.2, 0.25) is 5.02 Å². The van der Waals surface area contributed by atoms with Gasteiger partial charge in [0.05, 0.1) is 23.5 Å². The molecule has 0 bridgehead atoms. The van der Waals surface area contributed by atoms with Crippen molar-refractivity contribution in [2.75, 3.05) is 13.2 Å². The van der Waals surface area contributed by atoms with E-state index in [-0.39, 0.29) is 10.7 Å². The predicted octanol–water partition coefficient (Wildman–Crippen LogP) is 3.59. The number of aromatic nitrogens is 1. The molecule has 1 aromatic heterocycles. The predicted molar refractivity (Wildman–Crippen MR) is 75.7 cm³/mol. The van der Waals surface area contributed by atoms with Gasteiger partial charge in [-0.3, -0.25) is 10.1 Å². The minimum atomic E-state index is -0.572. The van der Waals surface area contributed by atoms with E-state index in [0.29, 0.717) is 35.6 Å². The molecule has 6 nitrogen and oxygen atoms in total. The topological polar surface area (TPSA) is 74.5 Å². The largest absolute Gasteiger partial charge is 0.493 e. The Balaban J connectivity index is 2.78. The molecule has 0 N–H and O–H groups in total. The van der Waals surface area contributed by atoms with Crippen LogP contribution in [0, 0.1) is 10.1 Å². The van der Waals surface area contributed by atoms with Crippen LogP contribution in [-0.4, -0.2) is 23.1 Å². The van der Waals surface area contributed by atoms with E-state index in [4.69, 9.17) is 21.1 Å². The molecule has 0 fully saturated rings. The van der Waals surface area contributed by atoms with Gasteiger partial charge in [0, 0.05) is 0 Å². The van der Waals surface area contributed by atoms with E-state index >= 15 is 0 Å². The fraction of sp³-hybridized carbons (Fsp3) is 0.308. The lowest BCUT2D eigenvalue weighted by Gasteiger charge is -2.12. The number of hydrogen-bond acceptors (Lipinski definition) is 5. The quantitative estimate of drug-likeness (QED) is 0.622. The first-order chi connectivity index (χ1) is 9.60. The Morgan fingerprint density at radius 1 is 1.25 bits per heavy atom. The molecule has 2 aromatic rings. The fourth-order valence-corrected chi connectivity index (χ4v) is 2.18. The lowest BCUT2D eigenvalue weighted by molar-refractivity contribution is -0.384. The zero-order valence-electron chi connectivity index (χ0n) is 11.1. The fourth-order valence-electron chi connectivity index (χ4n) is 1.88. The second-order valence-electron chi connectivity index (χ2n) is 3.87. The van der Waals surface area contributed by atoms with Crippen molar-refractivity contribution in [3.8, 4) is 11.5 Å². The molecule has 1 heterocycles. The van der Waals surface area contributed by atoms with Crippen molar-refractivity contribution >= 4 is 28.2 Å². The minimum Gasteiger partial charge on any atom is -0.493 e. The average Bonchev–Trinajstić information content (AvgIpc) is 2.41. The number of hydrogen-bond donors (Lipinski definition) is 0. The van der Waals surface area contributed by atoms with Crippen molar-refractivity contribution in [3.05, 3.63) is 33.5 Å². The number of fused-ring (bicyclic) bond motifs is 1. The van der Waals surface area contributed by atoms with E-state index in [9.17, 15) is 10.1 Å². The number of ether oxygens (including phenoxy) is 2. The van der Waals surface area contributed by atoms with Crippen molar-refractivity contribution in [1.82, 2.24) is 4.98 Å². The van der Waals surface area contributed by atoms with Gasteiger partial charge in [0.2, 0.25) is 0 Å². The van der Waals surface area contributed by atoms with E-state index < -0.39 is 4.92 Å². The summed E-state index contributed by atoms with van der Waals surface area (Å²) in [6, 6.07) is 3.39. The highest BCUT2D eigenvalue weighted by Gasteiger charge is 2.21. The SMILES string of the molecule is CCOc1ccc(OCC)c2c(Cl)c([N+](=O)[O-])cnc12. The van der Waals surface area contributed by atoms with Crippen LogP contribution in [0.4, 0.5) is 5.69 Å². The van der Waals surface area contributed by atoms with Crippen LogP contribution in [0.3, 0.4) is 0 Å². The lowest BCUT2D eigenvalue weighted by Crippen LogP contribution is -1.99. The summed E-state index contributed by atoms with van der Waals surface area (Å²) in [5.41, 5.74) is 0.196. The van der Waals surface area contributed by atoms with Crippen molar-refractivity contribution in [3.63, 3.8) is 0 Å². The van der Waals surface area contributed by atoms with Crippen molar-refractivity contribution < 1.29 is 14.4 Å². The molecule has 0 saturated heterocycles. The molecule has 0 amide bonds. The average molecular weight is 297 g/mol. The standard InChI is InChI=1S/C13H13ClN2O4/c1-3-19-9-5-6-10(20-4-2)13-11(9)12(14)8(7-15-13)16(17)18/h5-7H,3-4H2,1-2H3. The molecule has 0 saturated carbocycles. The third-order valence-corrected chi connectivity index (χ3v) is 3.04. The van der Waals surface area contributed by atoms with Gasteiger partial charge in [-0.25, -0.2) is 4.98 Å². The molecule has 7 heteroatoms. The molecule has 0 radical (unpaired) electrons. The molecule has 0 aliphatic heterocycles. The molecule has 2 rings (SSSR count). The normalized spacial score (nSPS) is 10.6. The number of nitro groups is 1. The minimum absolute atomic E-state index is 0.00463. The van der Waals surface area contributed by atoms with Gasteiger partial charge in [0.1, 0.15) is 28.2 Å². The van der Waals surface area contributed by atoms with Gasteiger partial charge in [0.15, 0.2) is 0 Å². The smallest absolute Gasteiger partial charge is 0.306 e. The van der Waals surface area contributed by atoms with E-state index in [2.05, 4.69) is 4.98 Å². The molecule has 20 heavy (non-hydrogen) atoms. The van der Waals surface area contributed by atoms with Crippen LogP contribution in [0.25, 0.3) is 10.9 Å². The Morgan fingerprint density at radius 3 is 2.45 bits per heavy atom. The first kappa shape index (κ1) is 14.3. The van der Waals surface area contributed by atoms with Gasteiger partial charge in [-0.15, -0.1) is 0 Å². The highest BCUT2D eigenvalue weighted by molar-refractivity contribution is 6.38. The molecule has 0 atom stereocenters. The van der Waals surface area contributed by atoms with Gasteiger partial charge in [-0.05, 0) is 26.0 Å². The first-order valence-corrected chi connectivity index (χ1v) is 6.49. The van der Waals surface area contributed by atoms with Crippen molar-refractivity contribution in [2.45, 2.75) is 13.8 Å². The summed E-state index contributed by atoms with van der Waals surface area (Å²) in [5.74, 6) is 0.968. The molecule has 0 aliphatic rings. The number of halogens is 1. The Bertz CT molecular complexity index is 660. The van der Waals surface area contributed by atoms with Crippen LogP contribution in [0.15, 0.2) is 18.3 Å². The third-order valence-electron chi connectivity index (χ3n) is 2.66. The van der Waals surface area contributed by atoms with Crippen LogP contribution >= 0.6 is 11.6 Å². The summed E-state index contributed by atoms with van der Waals surface area (Å²) in [5, 5.41) is 11.4. The highest BCUT2D eigenvalue weighted by atomic mass is 35.5. The number of nitrogens with zero attached hydrogens (tertiary/aromatic N) is 2. The maximum atomic E-state index is 11.0. The van der Waals surface area contributed by atoms with E-state index in [0.717, 1.165) is 6.20 Å². The monoisotopic (exact) mass is 296 g/mol. The lowest BCUT2D eigenvalue weighted by atomic mass is 10.1. The molecule has 0 aliphatic carbocycles. The van der Waals surface area contributed by atoms with Crippen LogP contribution in [-0.2, 0) is 0 Å². The summed E-state index contributed by atoms with van der Waals surface area (Å²) in [4.78, 5) is 14.5.